The normalized spacial score (nSPS) is 21.1. The monoisotopic (exact) mass is 209 g/mol. The molecule has 84 valence electrons. The van der Waals surface area contributed by atoms with Gasteiger partial charge in [0.1, 0.15) is 0 Å². The highest BCUT2D eigenvalue weighted by molar-refractivity contribution is 5.25. The van der Waals surface area contributed by atoms with E-state index in [-0.39, 0.29) is 0 Å². The van der Waals surface area contributed by atoms with Gasteiger partial charge in [0.15, 0.2) is 0 Å². The summed E-state index contributed by atoms with van der Waals surface area (Å²) in [6.07, 6.45) is 2.00. The summed E-state index contributed by atoms with van der Waals surface area (Å²) in [5, 5.41) is 4.59. The highest BCUT2D eigenvalue weighted by Crippen LogP contribution is 2.23. The fraction of sp³-hybridized carbons (Fsp3) is 0.727. The topological polar surface area (TPSA) is 53.1 Å². The van der Waals surface area contributed by atoms with Crippen molar-refractivity contribution in [1.29, 1.82) is 0 Å². The van der Waals surface area contributed by atoms with Crippen LogP contribution in [0.25, 0.3) is 0 Å². The second-order valence-corrected chi connectivity index (χ2v) is 4.15. The van der Waals surface area contributed by atoms with Gasteiger partial charge in [0.25, 0.3) is 0 Å². The minimum Gasteiger partial charge on any atom is -0.379 e. The lowest BCUT2D eigenvalue weighted by Gasteiger charge is -2.10. The maximum absolute atomic E-state index is 5.60. The van der Waals surface area contributed by atoms with Crippen LogP contribution < -0.4 is 5.73 Å². The van der Waals surface area contributed by atoms with E-state index < -0.39 is 0 Å². The molecule has 0 aliphatic carbocycles. The molecule has 1 unspecified atom stereocenters. The van der Waals surface area contributed by atoms with E-state index in [1.807, 2.05) is 0 Å². The molecule has 2 rings (SSSR count). The van der Waals surface area contributed by atoms with Crippen LogP contribution in [0.1, 0.15) is 29.4 Å². The summed E-state index contributed by atoms with van der Waals surface area (Å²) in [7, 11) is 0. The predicted molar refractivity (Wildman–Crippen MR) is 58.9 cm³/mol. The average molecular weight is 209 g/mol. The minimum absolute atomic E-state index is 0.426. The zero-order valence-electron chi connectivity index (χ0n) is 9.49. The van der Waals surface area contributed by atoms with Crippen LogP contribution in [0, 0.1) is 13.8 Å². The molecule has 1 aliphatic heterocycles. The molecule has 1 fully saturated rings. The molecule has 15 heavy (non-hydrogen) atoms. The van der Waals surface area contributed by atoms with Crippen LogP contribution in [0.15, 0.2) is 0 Å². The van der Waals surface area contributed by atoms with E-state index in [2.05, 4.69) is 23.6 Å². The standard InChI is InChI=1S/C11H19N3O/c1-8-11(3-5-12)9(2)14(13-8)10-4-6-15-7-10/h10H,3-7,12H2,1-2H3. The first kappa shape index (κ1) is 10.6. The third kappa shape index (κ3) is 1.92. The summed E-state index contributed by atoms with van der Waals surface area (Å²) in [5.74, 6) is 0. The summed E-state index contributed by atoms with van der Waals surface area (Å²) in [5.41, 5.74) is 9.28. The molecule has 2 N–H and O–H groups in total. The Morgan fingerprint density at radius 2 is 2.33 bits per heavy atom. The lowest BCUT2D eigenvalue weighted by Crippen LogP contribution is -2.12. The third-order valence-electron chi connectivity index (χ3n) is 3.12. The summed E-state index contributed by atoms with van der Waals surface area (Å²) >= 11 is 0. The van der Waals surface area contributed by atoms with Crippen molar-refractivity contribution in [3.05, 3.63) is 17.0 Å². The number of aromatic nitrogens is 2. The van der Waals surface area contributed by atoms with Crippen LogP contribution in [0.2, 0.25) is 0 Å². The third-order valence-corrected chi connectivity index (χ3v) is 3.12. The quantitative estimate of drug-likeness (QED) is 0.806. The van der Waals surface area contributed by atoms with Gasteiger partial charge in [-0.3, -0.25) is 4.68 Å². The largest absolute Gasteiger partial charge is 0.379 e. The van der Waals surface area contributed by atoms with Crippen molar-refractivity contribution in [2.75, 3.05) is 19.8 Å². The molecule has 0 bridgehead atoms. The summed E-state index contributed by atoms with van der Waals surface area (Å²) < 4.78 is 7.51. The van der Waals surface area contributed by atoms with Gasteiger partial charge in [0.2, 0.25) is 0 Å². The van der Waals surface area contributed by atoms with Crippen molar-refractivity contribution >= 4 is 0 Å². The fourth-order valence-corrected chi connectivity index (χ4v) is 2.27. The first-order chi connectivity index (χ1) is 7.24. The summed E-state index contributed by atoms with van der Waals surface area (Å²) in [6.45, 7) is 6.53. The van der Waals surface area contributed by atoms with Crippen molar-refractivity contribution in [1.82, 2.24) is 9.78 Å². The molecule has 0 radical (unpaired) electrons. The smallest absolute Gasteiger partial charge is 0.0777 e. The Balaban J connectivity index is 2.27. The molecule has 2 heterocycles. The number of nitrogens with zero attached hydrogens (tertiary/aromatic N) is 2. The molecule has 0 saturated carbocycles. The van der Waals surface area contributed by atoms with E-state index >= 15 is 0 Å². The van der Waals surface area contributed by atoms with E-state index in [9.17, 15) is 0 Å². The number of rotatable bonds is 3. The SMILES string of the molecule is Cc1nn(C2CCOC2)c(C)c1CCN. The van der Waals surface area contributed by atoms with Crippen LogP contribution in [-0.4, -0.2) is 29.5 Å². The molecule has 1 aliphatic rings. The van der Waals surface area contributed by atoms with Gasteiger partial charge in [0.05, 0.1) is 18.3 Å². The van der Waals surface area contributed by atoms with E-state index in [4.69, 9.17) is 10.5 Å². The first-order valence-electron chi connectivity index (χ1n) is 5.56. The Bertz CT molecular complexity index is 340. The van der Waals surface area contributed by atoms with Crippen LogP contribution in [0.3, 0.4) is 0 Å². The number of aryl methyl sites for hydroxylation is 1. The maximum atomic E-state index is 5.60. The van der Waals surface area contributed by atoms with Crippen LogP contribution in [0.4, 0.5) is 0 Å². The molecule has 0 aromatic carbocycles. The van der Waals surface area contributed by atoms with Crippen molar-refractivity contribution in [2.24, 2.45) is 5.73 Å². The summed E-state index contributed by atoms with van der Waals surface area (Å²) in [4.78, 5) is 0. The van der Waals surface area contributed by atoms with Gasteiger partial charge < -0.3 is 10.5 Å². The second-order valence-electron chi connectivity index (χ2n) is 4.15. The van der Waals surface area contributed by atoms with Crippen LogP contribution >= 0.6 is 0 Å². The van der Waals surface area contributed by atoms with Gasteiger partial charge in [-0.25, -0.2) is 0 Å². The van der Waals surface area contributed by atoms with Crippen molar-refractivity contribution < 1.29 is 4.74 Å². The Labute approximate surface area is 90.4 Å². The Morgan fingerprint density at radius 1 is 1.53 bits per heavy atom. The fourth-order valence-electron chi connectivity index (χ4n) is 2.27. The number of hydrogen-bond donors (Lipinski definition) is 1. The van der Waals surface area contributed by atoms with E-state index in [1.54, 1.807) is 0 Å². The van der Waals surface area contributed by atoms with Crippen molar-refractivity contribution in [3.8, 4) is 0 Å². The van der Waals surface area contributed by atoms with Crippen LogP contribution in [0.5, 0.6) is 0 Å². The van der Waals surface area contributed by atoms with Gasteiger partial charge >= 0.3 is 0 Å². The molecule has 1 aromatic rings. The second kappa shape index (κ2) is 4.33. The van der Waals surface area contributed by atoms with Gasteiger partial charge in [-0.2, -0.15) is 5.10 Å². The van der Waals surface area contributed by atoms with Gasteiger partial charge in [-0.05, 0) is 38.8 Å². The molecule has 0 spiro atoms. The number of ether oxygens (including phenoxy) is 1. The van der Waals surface area contributed by atoms with Gasteiger partial charge in [0, 0.05) is 12.3 Å². The van der Waals surface area contributed by atoms with Gasteiger partial charge in [-0.1, -0.05) is 0 Å². The molecule has 0 amide bonds. The zero-order valence-corrected chi connectivity index (χ0v) is 9.49. The lowest BCUT2D eigenvalue weighted by atomic mass is 10.1. The molecular formula is C11H19N3O. The molecular weight excluding hydrogens is 190 g/mol. The average Bonchev–Trinajstić information content (AvgIpc) is 2.81. The van der Waals surface area contributed by atoms with Gasteiger partial charge in [-0.15, -0.1) is 0 Å². The molecule has 1 saturated heterocycles. The van der Waals surface area contributed by atoms with E-state index in [1.165, 1.54) is 11.3 Å². The molecule has 4 nitrogen and oxygen atoms in total. The van der Waals surface area contributed by atoms with E-state index in [0.29, 0.717) is 12.6 Å². The lowest BCUT2D eigenvalue weighted by molar-refractivity contribution is 0.184. The highest BCUT2D eigenvalue weighted by Gasteiger charge is 2.22. The minimum atomic E-state index is 0.426. The number of nitrogens with two attached hydrogens (primary N) is 1. The summed E-state index contributed by atoms with van der Waals surface area (Å²) in [6, 6.07) is 0.426. The Kier molecular flexibility index (Phi) is 3.07. The Hall–Kier alpha value is -0.870. The van der Waals surface area contributed by atoms with Crippen molar-refractivity contribution in [3.63, 3.8) is 0 Å². The number of hydrogen-bond acceptors (Lipinski definition) is 3. The predicted octanol–water partition coefficient (Wildman–Crippen LogP) is 0.963. The maximum Gasteiger partial charge on any atom is 0.0777 e. The van der Waals surface area contributed by atoms with Crippen LogP contribution in [-0.2, 0) is 11.2 Å². The first-order valence-corrected chi connectivity index (χ1v) is 5.56. The molecule has 1 aromatic heterocycles. The van der Waals surface area contributed by atoms with Crippen molar-refractivity contribution in [2.45, 2.75) is 32.7 Å². The molecule has 4 heteroatoms. The highest BCUT2D eigenvalue weighted by atomic mass is 16.5. The van der Waals surface area contributed by atoms with E-state index in [0.717, 1.165) is 31.7 Å². The molecule has 1 atom stereocenters. The zero-order chi connectivity index (χ0) is 10.8. The Morgan fingerprint density at radius 3 is 2.93 bits per heavy atom.